The molecule has 1 saturated heterocycles. The third kappa shape index (κ3) is 4.37. The van der Waals surface area contributed by atoms with E-state index in [4.69, 9.17) is 0 Å². The predicted octanol–water partition coefficient (Wildman–Crippen LogP) is 3.28. The first-order valence-corrected chi connectivity index (χ1v) is 10.0. The molecule has 2 N–H and O–H groups in total. The van der Waals surface area contributed by atoms with Gasteiger partial charge < -0.3 is 15.2 Å². The number of carbonyl (C=O) groups excluding carboxylic acids is 1. The van der Waals surface area contributed by atoms with Crippen molar-refractivity contribution in [2.24, 2.45) is 0 Å². The molecule has 28 heavy (non-hydrogen) atoms. The predicted molar refractivity (Wildman–Crippen MR) is 114 cm³/mol. The van der Waals surface area contributed by atoms with E-state index in [1.807, 2.05) is 17.2 Å². The molecule has 1 fully saturated rings. The molecule has 0 saturated carbocycles. The van der Waals surface area contributed by atoms with Crippen LogP contribution in [-0.4, -0.2) is 60.1 Å². The summed E-state index contributed by atoms with van der Waals surface area (Å²) in [5.41, 5.74) is 3.71. The Morgan fingerprint density at radius 2 is 1.96 bits per heavy atom. The van der Waals surface area contributed by atoms with Gasteiger partial charge in [0.1, 0.15) is 0 Å². The van der Waals surface area contributed by atoms with Crippen LogP contribution >= 0.6 is 0 Å². The number of nitrogens with one attached hydrogen (secondary N) is 2. The molecule has 1 aromatic heterocycles. The van der Waals surface area contributed by atoms with E-state index in [1.165, 1.54) is 16.5 Å². The van der Waals surface area contributed by atoms with Crippen LogP contribution in [0.2, 0.25) is 0 Å². The molecule has 0 radical (unpaired) electrons. The number of fused-ring (bicyclic) bond motifs is 1. The molecule has 1 aliphatic rings. The summed E-state index contributed by atoms with van der Waals surface area (Å²) in [5.74, 6) is 0. The molecule has 5 heteroatoms. The Kier molecular flexibility index (Phi) is 5.63. The van der Waals surface area contributed by atoms with Gasteiger partial charge in [-0.05, 0) is 54.6 Å². The Morgan fingerprint density at radius 3 is 2.82 bits per heavy atom. The highest BCUT2D eigenvalue weighted by Gasteiger charge is 2.27. The number of nitrogens with zero attached hydrogens (tertiary/aromatic N) is 2. The minimum Gasteiger partial charge on any atom is -0.361 e. The molecule has 3 aromatic rings. The molecule has 5 nitrogen and oxygen atoms in total. The summed E-state index contributed by atoms with van der Waals surface area (Å²) >= 11 is 0. The average molecular weight is 377 g/mol. The van der Waals surface area contributed by atoms with E-state index in [2.05, 4.69) is 70.8 Å². The van der Waals surface area contributed by atoms with Gasteiger partial charge in [0.25, 0.3) is 0 Å². The number of carbonyl (C=O) groups is 1. The van der Waals surface area contributed by atoms with Crippen LogP contribution in [0.5, 0.6) is 0 Å². The summed E-state index contributed by atoms with van der Waals surface area (Å²) in [6, 6.07) is 19.4. The molecule has 4 rings (SSSR count). The fourth-order valence-electron chi connectivity index (χ4n) is 3.92. The molecule has 2 amide bonds. The molecule has 2 heterocycles. The lowest BCUT2D eigenvalue weighted by Crippen LogP contribution is -2.56. The van der Waals surface area contributed by atoms with Crippen molar-refractivity contribution in [3.63, 3.8) is 0 Å². The monoisotopic (exact) mass is 376 g/mol. The van der Waals surface area contributed by atoms with Gasteiger partial charge in [0.2, 0.25) is 0 Å². The van der Waals surface area contributed by atoms with E-state index < -0.39 is 0 Å². The quantitative estimate of drug-likeness (QED) is 0.718. The third-order valence-corrected chi connectivity index (χ3v) is 5.69. The number of piperazine rings is 1. The highest BCUT2D eigenvalue weighted by molar-refractivity contribution is 5.80. The van der Waals surface area contributed by atoms with Gasteiger partial charge in [-0.2, -0.15) is 0 Å². The lowest BCUT2D eigenvalue weighted by Gasteiger charge is -2.39. The van der Waals surface area contributed by atoms with Crippen LogP contribution in [0.15, 0.2) is 60.8 Å². The number of hydrogen-bond donors (Lipinski definition) is 2. The van der Waals surface area contributed by atoms with Crippen LogP contribution in [0.4, 0.5) is 4.79 Å². The number of H-pyrrole nitrogens is 1. The zero-order valence-electron chi connectivity index (χ0n) is 16.4. The van der Waals surface area contributed by atoms with Gasteiger partial charge in [0.15, 0.2) is 0 Å². The maximum absolute atomic E-state index is 12.7. The number of urea groups is 1. The lowest BCUT2D eigenvalue weighted by atomic mass is 10.0. The highest BCUT2D eigenvalue weighted by atomic mass is 16.2. The van der Waals surface area contributed by atoms with Gasteiger partial charge in [-0.3, -0.25) is 4.90 Å². The highest BCUT2D eigenvalue weighted by Crippen LogP contribution is 2.15. The normalized spacial score (nSPS) is 17.8. The number of aromatic amines is 1. The van der Waals surface area contributed by atoms with Crippen molar-refractivity contribution in [1.29, 1.82) is 0 Å². The van der Waals surface area contributed by atoms with Gasteiger partial charge in [0.05, 0.1) is 0 Å². The molecule has 0 bridgehead atoms. The average Bonchev–Trinajstić information content (AvgIpc) is 3.18. The van der Waals surface area contributed by atoms with E-state index in [1.54, 1.807) is 0 Å². The van der Waals surface area contributed by atoms with E-state index in [-0.39, 0.29) is 6.03 Å². The molecular weight excluding hydrogens is 348 g/mol. The maximum atomic E-state index is 12.7. The third-order valence-electron chi connectivity index (χ3n) is 5.69. The second-order valence-electron chi connectivity index (χ2n) is 7.65. The van der Waals surface area contributed by atoms with Crippen molar-refractivity contribution in [1.82, 2.24) is 20.1 Å². The van der Waals surface area contributed by atoms with Gasteiger partial charge in [-0.25, -0.2) is 4.79 Å². The second-order valence-corrected chi connectivity index (χ2v) is 7.65. The fourth-order valence-corrected chi connectivity index (χ4v) is 3.92. The molecule has 0 spiro atoms. The van der Waals surface area contributed by atoms with Crippen LogP contribution in [0.3, 0.4) is 0 Å². The van der Waals surface area contributed by atoms with Crippen LogP contribution < -0.4 is 5.32 Å². The van der Waals surface area contributed by atoms with E-state index in [9.17, 15) is 4.79 Å². The maximum Gasteiger partial charge on any atom is 0.317 e. The van der Waals surface area contributed by atoms with Crippen LogP contribution in [-0.2, 0) is 12.8 Å². The summed E-state index contributed by atoms with van der Waals surface area (Å²) in [5, 5.41) is 4.32. The van der Waals surface area contributed by atoms with E-state index in [0.29, 0.717) is 12.6 Å². The molecule has 1 atom stereocenters. The number of benzene rings is 2. The SMILES string of the molecule is CN1CCN(C(=O)NCCc2ccc3[nH]ccc3c2)CC1Cc1ccccc1. The van der Waals surface area contributed by atoms with Crippen molar-refractivity contribution in [2.75, 3.05) is 33.2 Å². The van der Waals surface area contributed by atoms with Gasteiger partial charge in [-0.15, -0.1) is 0 Å². The lowest BCUT2D eigenvalue weighted by molar-refractivity contribution is 0.110. The molecule has 1 unspecified atom stereocenters. The zero-order chi connectivity index (χ0) is 19.3. The number of hydrogen-bond acceptors (Lipinski definition) is 2. The fraction of sp³-hybridized carbons (Fsp3) is 0.348. The first-order valence-electron chi connectivity index (χ1n) is 10.0. The Labute approximate surface area is 166 Å². The Bertz CT molecular complexity index is 921. The summed E-state index contributed by atoms with van der Waals surface area (Å²) in [6.07, 6.45) is 3.77. The molecule has 2 aromatic carbocycles. The standard InChI is InChI=1S/C23H28N4O/c1-26-13-14-27(17-21(26)16-18-5-3-2-4-6-18)23(28)25-11-9-19-7-8-22-20(15-19)10-12-24-22/h2-8,10,12,15,21,24H,9,11,13-14,16-17H2,1H3,(H,25,28). The number of likely N-dealkylation sites (N-methyl/N-ethyl adjacent to an activating group) is 1. The summed E-state index contributed by atoms with van der Waals surface area (Å²) < 4.78 is 0. The van der Waals surface area contributed by atoms with Crippen LogP contribution in [0.1, 0.15) is 11.1 Å². The molecule has 146 valence electrons. The van der Waals surface area contributed by atoms with Crippen molar-refractivity contribution >= 4 is 16.9 Å². The Balaban J connectivity index is 1.28. The van der Waals surface area contributed by atoms with Gasteiger partial charge in [-0.1, -0.05) is 36.4 Å². The summed E-state index contributed by atoms with van der Waals surface area (Å²) in [7, 11) is 2.15. The van der Waals surface area contributed by atoms with Crippen LogP contribution in [0, 0.1) is 0 Å². The number of aromatic nitrogens is 1. The molecule has 1 aliphatic heterocycles. The first kappa shape index (κ1) is 18.6. The summed E-state index contributed by atoms with van der Waals surface area (Å²) in [4.78, 5) is 20.2. The van der Waals surface area contributed by atoms with Gasteiger partial charge in [0, 0.05) is 43.9 Å². The second kappa shape index (κ2) is 8.48. The van der Waals surface area contributed by atoms with Crippen molar-refractivity contribution in [3.8, 4) is 0 Å². The van der Waals surface area contributed by atoms with Gasteiger partial charge >= 0.3 is 6.03 Å². The Morgan fingerprint density at radius 1 is 1.11 bits per heavy atom. The molecule has 0 aliphatic carbocycles. The smallest absolute Gasteiger partial charge is 0.317 e. The Hall–Kier alpha value is -2.79. The zero-order valence-corrected chi connectivity index (χ0v) is 16.4. The van der Waals surface area contributed by atoms with Crippen molar-refractivity contribution < 1.29 is 4.79 Å². The van der Waals surface area contributed by atoms with Crippen molar-refractivity contribution in [2.45, 2.75) is 18.9 Å². The first-order chi connectivity index (χ1) is 13.7. The minimum atomic E-state index is 0.0499. The molecular formula is C23H28N4O. The minimum absolute atomic E-state index is 0.0499. The van der Waals surface area contributed by atoms with Crippen LogP contribution in [0.25, 0.3) is 10.9 Å². The number of amides is 2. The largest absolute Gasteiger partial charge is 0.361 e. The number of rotatable bonds is 5. The summed E-state index contributed by atoms with van der Waals surface area (Å²) in [6.45, 7) is 3.12. The van der Waals surface area contributed by atoms with Crippen molar-refractivity contribution in [3.05, 3.63) is 71.9 Å². The topological polar surface area (TPSA) is 51.4 Å². The van der Waals surface area contributed by atoms with E-state index >= 15 is 0 Å². The van der Waals surface area contributed by atoms with E-state index in [0.717, 1.165) is 38.0 Å².